The molecule has 34 heavy (non-hydrogen) atoms. The van der Waals surface area contributed by atoms with Crippen LogP contribution in [0.5, 0.6) is 0 Å². The molecule has 1 fully saturated rings. The number of hydrogen-bond donors (Lipinski definition) is 1. The van der Waals surface area contributed by atoms with Crippen LogP contribution in [0.2, 0.25) is 0 Å². The molecule has 0 radical (unpaired) electrons. The highest BCUT2D eigenvalue weighted by Crippen LogP contribution is 2.45. The molecular formula is C29H30N4S. The van der Waals surface area contributed by atoms with Gasteiger partial charge in [-0.1, -0.05) is 43.3 Å². The minimum absolute atomic E-state index is 0.0152. The monoisotopic (exact) mass is 466 g/mol. The molecule has 0 bridgehead atoms. The van der Waals surface area contributed by atoms with Gasteiger partial charge in [0.05, 0.1) is 17.8 Å². The van der Waals surface area contributed by atoms with Gasteiger partial charge in [0.1, 0.15) is 0 Å². The van der Waals surface area contributed by atoms with E-state index in [1.807, 2.05) is 18.3 Å². The largest absolute Gasteiger partial charge is 0.351 e. The molecule has 0 amide bonds. The van der Waals surface area contributed by atoms with Crippen molar-refractivity contribution in [2.75, 3.05) is 4.90 Å². The maximum Gasteiger partial charge on any atom is 0.174 e. The third-order valence-electron chi connectivity index (χ3n) is 7.04. The lowest BCUT2D eigenvalue weighted by molar-refractivity contribution is 0.563. The standard InChI is InChI=1S/C29H30N4S/c1-5-22-14-16-24(17-15-22)33-28(27(31-29(33)34)25-13-9-10-18-30-25)26-19(2)20(3)32(21(26)4)23-11-7-6-8-12-23/h6-18,27-28H,5H2,1-4H3,(H,31,34)/t27-,28-/m1/s1. The van der Waals surface area contributed by atoms with Crippen LogP contribution in [-0.4, -0.2) is 14.7 Å². The van der Waals surface area contributed by atoms with Crippen molar-refractivity contribution in [3.8, 4) is 5.69 Å². The van der Waals surface area contributed by atoms with Gasteiger partial charge < -0.3 is 14.8 Å². The van der Waals surface area contributed by atoms with Crippen molar-refractivity contribution in [2.24, 2.45) is 0 Å². The summed E-state index contributed by atoms with van der Waals surface area (Å²) in [5, 5.41) is 4.33. The number of pyridine rings is 1. The van der Waals surface area contributed by atoms with E-state index in [2.05, 4.69) is 103 Å². The van der Waals surface area contributed by atoms with Crippen LogP contribution < -0.4 is 10.2 Å². The van der Waals surface area contributed by atoms with E-state index in [1.165, 1.54) is 33.8 Å². The van der Waals surface area contributed by atoms with Crippen LogP contribution in [0.3, 0.4) is 0 Å². The fourth-order valence-electron chi connectivity index (χ4n) is 5.22. The molecule has 0 saturated carbocycles. The Morgan fingerprint density at radius 3 is 2.21 bits per heavy atom. The second kappa shape index (κ2) is 9.07. The Hall–Kier alpha value is -3.44. The fraction of sp³-hybridized carbons (Fsp3) is 0.241. The molecule has 4 nitrogen and oxygen atoms in total. The molecule has 172 valence electrons. The number of nitrogens with zero attached hydrogens (tertiary/aromatic N) is 3. The number of thiocarbonyl (C=S) groups is 1. The van der Waals surface area contributed by atoms with Gasteiger partial charge in [-0.15, -0.1) is 0 Å². The topological polar surface area (TPSA) is 33.1 Å². The number of para-hydroxylation sites is 1. The van der Waals surface area contributed by atoms with Gasteiger partial charge in [0.25, 0.3) is 0 Å². The lowest BCUT2D eigenvalue weighted by Gasteiger charge is -2.29. The molecular weight excluding hydrogens is 436 g/mol. The summed E-state index contributed by atoms with van der Waals surface area (Å²) in [6.45, 7) is 8.83. The van der Waals surface area contributed by atoms with Crippen molar-refractivity contribution in [1.29, 1.82) is 0 Å². The molecule has 1 saturated heterocycles. The SMILES string of the molecule is CCc1ccc(N2C(=S)N[C@H](c3ccccn3)[C@H]2c2c(C)c(C)n(-c3ccccc3)c2C)cc1. The van der Waals surface area contributed by atoms with Gasteiger partial charge in [0.2, 0.25) is 0 Å². The average molecular weight is 467 g/mol. The highest BCUT2D eigenvalue weighted by atomic mass is 32.1. The first kappa shape index (κ1) is 22.4. The molecule has 5 rings (SSSR count). The number of aryl methyl sites for hydroxylation is 1. The van der Waals surface area contributed by atoms with E-state index in [-0.39, 0.29) is 12.1 Å². The molecule has 1 N–H and O–H groups in total. The quantitative estimate of drug-likeness (QED) is 0.339. The zero-order chi connectivity index (χ0) is 23.8. The van der Waals surface area contributed by atoms with E-state index in [1.54, 1.807) is 0 Å². The van der Waals surface area contributed by atoms with Gasteiger partial charge in [0, 0.05) is 34.5 Å². The van der Waals surface area contributed by atoms with Gasteiger partial charge in [-0.2, -0.15) is 0 Å². The zero-order valence-electron chi connectivity index (χ0n) is 20.1. The Morgan fingerprint density at radius 1 is 0.853 bits per heavy atom. The lowest BCUT2D eigenvalue weighted by atomic mass is 9.93. The second-order valence-electron chi connectivity index (χ2n) is 8.90. The first-order chi connectivity index (χ1) is 16.5. The smallest absolute Gasteiger partial charge is 0.174 e. The Morgan fingerprint density at radius 2 is 1.56 bits per heavy atom. The van der Waals surface area contributed by atoms with Gasteiger partial charge in [-0.25, -0.2) is 0 Å². The highest BCUT2D eigenvalue weighted by molar-refractivity contribution is 7.80. The van der Waals surface area contributed by atoms with E-state index >= 15 is 0 Å². The number of anilines is 1. The maximum atomic E-state index is 5.94. The van der Waals surface area contributed by atoms with Crippen molar-refractivity contribution >= 4 is 23.0 Å². The number of hydrogen-bond acceptors (Lipinski definition) is 2. The molecule has 1 aliphatic rings. The molecule has 4 aromatic rings. The van der Waals surface area contributed by atoms with Crippen molar-refractivity contribution in [3.05, 3.63) is 113 Å². The van der Waals surface area contributed by atoms with Gasteiger partial charge in [-0.3, -0.25) is 4.98 Å². The molecule has 2 aromatic carbocycles. The summed E-state index contributed by atoms with van der Waals surface area (Å²) in [6, 6.07) is 25.4. The van der Waals surface area contributed by atoms with Crippen LogP contribution in [0.4, 0.5) is 5.69 Å². The Kier molecular flexibility index (Phi) is 5.96. The van der Waals surface area contributed by atoms with Crippen molar-refractivity contribution in [3.63, 3.8) is 0 Å². The van der Waals surface area contributed by atoms with Crippen molar-refractivity contribution in [1.82, 2.24) is 14.9 Å². The van der Waals surface area contributed by atoms with E-state index in [9.17, 15) is 0 Å². The summed E-state index contributed by atoms with van der Waals surface area (Å²) < 4.78 is 2.36. The first-order valence-electron chi connectivity index (χ1n) is 11.8. The van der Waals surface area contributed by atoms with E-state index < -0.39 is 0 Å². The predicted molar refractivity (Wildman–Crippen MR) is 144 cm³/mol. The molecule has 0 unspecified atom stereocenters. The number of aromatic nitrogens is 2. The Bertz CT molecular complexity index is 1310. The highest BCUT2D eigenvalue weighted by Gasteiger charge is 2.43. The zero-order valence-corrected chi connectivity index (χ0v) is 20.9. The molecule has 2 atom stereocenters. The maximum absolute atomic E-state index is 5.94. The van der Waals surface area contributed by atoms with Crippen molar-refractivity contribution in [2.45, 2.75) is 46.2 Å². The van der Waals surface area contributed by atoms with Crippen LogP contribution in [-0.2, 0) is 6.42 Å². The molecule has 0 spiro atoms. The molecule has 3 heterocycles. The Balaban J connectivity index is 1.71. The summed E-state index contributed by atoms with van der Waals surface area (Å²) in [7, 11) is 0. The number of rotatable bonds is 5. The van der Waals surface area contributed by atoms with E-state index in [4.69, 9.17) is 17.2 Å². The minimum atomic E-state index is -0.0528. The van der Waals surface area contributed by atoms with Crippen LogP contribution >= 0.6 is 12.2 Å². The Labute approximate surface area is 207 Å². The first-order valence-corrected chi connectivity index (χ1v) is 12.3. The molecule has 2 aromatic heterocycles. The second-order valence-corrected chi connectivity index (χ2v) is 9.28. The van der Waals surface area contributed by atoms with Crippen molar-refractivity contribution < 1.29 is 0 Å². The van der Waals surface area contributed by atoms with E-state index in [0.717, 1.165) is 22.9 Å². The van der Waals surface area contributed by atoms with Crippen LogP contribution in [0, 0.1) is 20.8 Å². The van der Waals surface area contributed by atoms with E-state index in [0.29, 0.717) is 0 Å². The van der Waals surface area contributed by atoms with Gasteiger partial charge >= 0.3 is 0 Å². The number of benzene rings is 2. The fourth-order valence-corrected chi connectivity index (χ4v) is 5.57. The predicted octanol–water partition coefficient (Wildman–Crippen LogP) is 6.54. The average Bonchev–Trinajstić information content (AvgIpc) is 3.32. The third kappa shape index (κ3) is 3.70. The molecule has 0 aliphatic carbocycles. The third-order valence-corrected chi connectivity index (χ3v) is 7.35. The van der Waals surface area contributed by atoms with Crippen LogP contribution in [0.15, 0.2) is 79.0 Å². The van der Waals surface area contributed by atoms with Gasteiger partial charge in [-0.05, 0) is 86.9 Å². The molecule has 5 heteroatoms. The van der Waals surface area contributed by atoms with Crippen LogP contribution in [0.1, 0.15) is 52.8 Å². The molecule has 1 aliphatic heterocycles. The summed E-state index contributed by atoms with van der Waals surface area (Å²) in [5.74, 6) is 0. The minimum Gasteiger partial charge on any atom is -0.351 e. The summed E-state index contributed by atoms with van der Waals surface area (Å²) in [5.41, 5.74) is 9.64. The van der Waals surface area contributed by atoms with Gasteiger partial charge in [0.15, 0.2) is 5.11 Å². The summed E-state index contributed by atoms with van der Waals surface area (Å²) in [4.78, 5) is 6.99. The summed E-state index contributed by atoms with van der Waals surface area (Å²) >= 11 is 5.94. The lowest BCUT2D eigenvalue weighted by Crippen LogP contribution is -2.29. The number of nitrogens with one attached hydrogen (secondary N) is 1. The van der Waals surface area contributed by atoms with Crippen LogP contribution in [0.25, 0.3) is 5.69 Å². The summed E-state index contributed by atoms with van der Waals surface area (Å²) in [6.07, 6.45) is 2.87. The normalized spacial score (nSPS) is 17.8.